The monoisotopic (exact) mass is 374 g/mol. The van der Waals surface area contributed by atoms with Crippen molar-refractivity contribution in [3.63, 3.8) is 0 Å². The molecule has 1 aliphatic carbocycles. The normalized spacial score (nSPS) is 18.7. The van der Waals surface area contributed by atoms with Crippen LogP contribution in [0.1, 0.15) is 6.42 Å². The van der Waals surface area contributed by atoms with Crippen LogP contribution in [0, 0.1) is 5.92 Å². The van der Waals surface area contributed by atoms with Crippen molar-refractivity contribution in [3.05, 3.63) is 18.2 Å². The van der Waals surface area contributed by atoms with Gasteiger partial charge in [-0.3, -0.25) is 0 Å². The van der Waals surface area contributed by atoms with Crippen molar-refractivity contribution in [1.29, 1.82) is 0 Å². The molecular formula is C14H16Cl2N4O2S. The molecule has 0 radical (unpaired) electrons. The van der Waals surface area contributed by atoms with Gasteiger partial charge >= 0.3 is 0 Å². The van der Waals surface area contributed by atoms with Gasteiger partial charge in [0.15, 0.2) is 17.3 Å². The van der Waals surface area contributed by atoms with Crippen LogP contribution in [-0.4, -0.2) is 39.2 Å². The molecule has 23 heavy (non-hydrogen) atoms. The Kier molecular flexibility index (Phi) is 4.53. The Balaban J connectivity index is 1.78. The van der Waals surface area contributed by atoms with Gasteiger partial charge in [0.1, 0.15) is 4.33 Å². The van der Waals surface area contributed by atoms with E-state index in [1.165, 1.54) is 16.4 Å². The summed E-state index contributed by atoms with van der Waals surface area (Å²) >= 11 is 13.5. The third-order valence-electron chi connectivity index (χ3n) is 3.68. The largest absolute Gasteiger partial charge is 0.493 e. The Morgan fingerprint density at radius 3 is 2.61 bits per heavy atom. The summed E-state index contributed by atoms with van der Waals surface area (Å²) in [5, 5.41) is 8.90. The van der Waals surface area contributed by atoms with Crippen LogP contribution in [0.4, 0.5) is 0 Å². The maximum Gasteiger partial charge on any atom is 0.210 e. The van der Waals surface area contributed by atoms with Gasteiger partial charge in [-0.15, -0.1) is 33.4 Å². The van der Waals surface area contributed by atoms with Gasteiger partial charge in [0.05, 0.1) is 14.2 Å². The molecule has 0 bridgehead atoms. The molecule has 0 aliphatic heterocycles. The first-order chi connectivity index (χ1) is 11.0. The SMILES string of the molecule is COc1ccc(-c2nnc(SC[C@@H]3CC3(Cl)Cl)n2N)cc1OC. The van der Waals surface area contributed by atoms with E-state index in [-0.39, 0.29) is 5.92 Å². The summed E-state index contributed by atoms with van der Waals surface area (Å²) < 4.78 is 11.4. The van der Waals surface area contributed by atoms with Crippen molar-refractivity contribution in [3.8, 4) is 22.9 Å². The van der Waals surface area contributed by atoms with Gasteiger partial charge in [0, 0.05) is 17.2 Å². The Morgan fingerprint density at radius 2 is 2.00 bits per heavy atom. The molecule has 0 spiro atoms. The van der Waals surface area contributed by atoms with Crippen LogP contribution in [-0.2, 0) is 0 Å². The highest BCUT2D eigenvalue weighted by molar-refractivity contribution is 7.99. The molecular weight excluding hydrogens is 359 g/mol. The second-order valence-corrected chi connectivity index (χ2v) is 7.75. The molecule has 0 amide bonds. The van der Waals surface area contributed by atoms with Gasteiger partial charge in [0.2, 0.25) is 5.16 Å². The molecule has 0 unspecified atom stereocenters. The second-order valence-electron chi connectivity index (χ2n) is 5.22. The average Bonchev–Trinajstić information content (AvgIpc) is 2.99. The predicted octanol–water partition coefficient (Wildman–Crippen LogP) is 2.96. The number of alkyl halides is 2. The Hall–Kier alpha value is -1.31. The van der Waals surface area contributed by atoms with Gasteiger partial charge in [-0.1, -0.05) is 11.8 Å². The molecule has 9 heteroatoms. The highest BCUT2D eigenvalue weighted by atomic mass is 35.5. The number of nitrogen functional groups attached to an aromatic ring is 1. The molecule has 1 aromatic heterocycles. The Morgan fingerprint density at radius 1 is 1.30 bits per heavy atom. The summed E-state index contributed by atoms with van der Waals surface area (Å²) in [4.78, 5) is 0. The van der Waals surface area contributed by atoms with Crippen molar-refractivity contribution in [2.75, 3.05) is 25.8 Å². The van der Waals surface area contributed by atoms with Crippen LogP contribution in [0.2, 0.25) is 0 Å². The number of nitrogens with zero attached hydrogens (tertiary/aromatic N) is 3. The quantitative estimate of drug-likeness (QED) is 0.475. The standard InChI is InChI=1S/C14H16Cl2N4O2S/c1-21-10-4-3-8(5-11(10)22-2)12-18-19-13(20(12)17)23-7-9-6-14(9,15)16/h3-5,9H,6-7,17H2,1-2H3/t9-/m0/s1. The number of halogens is 2. The molecule has 124 valence electrons. The van der Waals surface area contributed by atoms with Crippen molar-refractivity contribution >= 4 is 35.0 Å². The highest BCUT2D eigenvalue weighted by Crippen LogP contribution is 2.54. The molecule has 1 aromatic carbocycles. The smallest absolute Gasteiger partial charge is 0.210 e. The van der Waals surface area contributed by atoms with Crippen LogP contribution in [0.5, 0.6) is 11.5 Å². The fraction of sp³-hybridized carbons (Fsp3) is 0.429. The lowest BCUT2D eigenvalue weighted by atomic mass is 10.2. The number of thioether (sulfide) groups is 1. The zero-order valence-electron chi connectivity index (χ0n) is 12.6. The van der Waals surface area contributed by atoms with E-state index in [0.717, 1.165) is 17.7 Å². The number of rotatable bonds is 6. The third-order valence-corrected chi connectivity index (χ3v) is 5.71. The molecule has 1 atom stereocenters. The van der Waals surface area contributed by atoms with Crippen LogP contribution < -0.4 is 15.3 Å². The molecule has 2 N–H and O–H groups in total. The Labute approximate surface area is 148 Å². The maximum absolute atomic E-state index is 6.10. The van der Waals surface area contributed by atoms with Crippen molar-refractivity contribution in [2.24, 2.45) is 5.92 Å². The number of ether oxygens (including phenoxy) is 2. The first-order valence-corrected chi connectivity index (χ1v) is 8.64. The lowest BCUT2D eigenvalue weighted by molar-refractivity contribution is 0.355. The summed E-state index contributed by atoms with van der Waals surface area (Å²) in [6.45, 7) is 0. The van der Waals surface area contributed by atoms with Crippen LogP contribution in [0.15, 0.2) is 23.4 Å². The Bertz CT molecular complexity index is 723. The van der Waals surface area contributed by atoms with Crippen LogP contribution in [0.3, 0.4) is 0 Å². The van der Waals surface area contributed by atoms with Crippen LogP contribution in [0.25, 0.3) is 11.4 Å². The second kappa shape index (κ2) is 6.30. The van der Waals surface area contributed by atoms with Crippen molar-refractivity contribution in [2.45, 2.75) is 15.9 Å². The summed E-state index contributed by atoms with van der Waals surface area (Å²) in [6, 6.07) is 5.46. The van der Waals surface area contributed by atoms with Gasteiger partial charge in [0.25, 0.3) is 0 Å². The predicted molar refractivity (Wildman–Crippen MR) is 92.0 cm³/mol. The molecule has 1 aliphatic rings. The van der Waals surface area contributed by atoms with E-state index in [2.05, 4.69) is 10.2 Å². The summed E-state index contributed by atoms with van der Waals surface area (Å²) in [6.07, 6.45) is 0.796. The lowest BCUT2D eigenvalue weighted by Crippen LogP contribution is -2.12. The topological polar surface area (TPSA) is 75.2 Å². The molecule has 6 nitrogen and oxygen atoms in total. The lowest BCUT2D eigenvalue weighted by Gasteiger charge is -2.09. The molecule has 3 rings (SSSR count). The highest BCUT2D eigenvalue weighted by Gasteiger charge is 2.51. The van der Waals surface area contributed by atoms with E-state index >= 15 is 0 Å². The summed E-state index contributed by atoms with van der Waals surface area (Å²) in [5.74, 6) is 8.92. The molecule has 1 saturated carbocycles. The maximum atomic E-state index is 6.10. The van der Waals surface area contributed by atoms with E-state index in [9.17, 15) is 0 Å². The van der Waals surface area contributed by atoms with Gasteiger partial charge < -0.3 is 15.3 Å². The first kappa shape index (κ1) is 16.5. The summed E-state index contributed by atoms with van der Waals surface area (Å²) in [5.41, 5.74) is 0.792. The fourth-order valence-electron chi connectivity index (χ4n) is 2.17. The van der Waals surface area contributed by atoms with Gasteiger partial charge in [-0.2, -0.15) is 0 Å². The van der Waals surface area contributed by atoms with Crippen LogP contribution >= 0.6 is 35.0 Å². The minimum atomic E-state index is -0.599. The van der Waals surface area contributed by atoms with E-state index in [4.69, 9.17) is 38.5 Å². The zero-order valence-corrected chi connectivity index (χ0v) is 15.0. The minimum absolute atomic E-state index is 0.261. The van der Waals surface area contributed by atoms with Gasteiger partial charge in [-0.25, -0.2) is 4.68 Å². The molecule has 0 saturated heterocycles. The number of hydrogen-bond donors (Lipinski definition) is 1. The van der Waals surface area contributed by atoms with Gasteiger partial charge in [-0.05, 0) is 24.6 Å². The summed E-state index contributed by atoms with van der Waals surface area (Å²) in [7, 11) is 3.17. The molecule has 1 heterocycles. The molecule has 2 aromatic rings. The molecule has 1 fully saturated rings. The van der Waals surface area contributed by atoms with Crippen molar-refractivity contribution < 1.29 is 9.47 Å². The van der Waals surface area contributed by atoms with E-state index in [0.29, 0.717) is 22.5 Å². The number of hydrogen-bond acceptors (Lipinski definition) is 6. The minimum Gasteiger partial charge on any atom is -0.493 e. The third kappa shape index (κ3) is 3.32. The van der Waals surface area contributed by atoms with E-state index < -0.39 is 4.33 Å². The van der Waals surface area contributed by atoms with E-state index in [1.54, 1.807) is 20.3 Å². The average molecular weight is 375 g/mol. The fourth-order valence-corrected chi connectivity index (χ4v) is 3.96. The zero-order chi connectivity index (χ0) is 16.6. The number of benzene rings is 1. The number of aromatic nitrogens is 3. The van der Waals surface area contributed by atoms with E-state index in [1.807, 2.05) is 12.1 Å². The first-order valence-electron chi connectivity index (χ1n) is 6.89. The van der Waals surface area contributed by atoms with Crippen molar-refractivity contribution in [1.82, 2.24) is 14.9 Å². The number of nitrogens with two attached hydrogens (primary N) is 1. The number of methoxy groups -OCH3 is 2.